The quantitative estimate of drug-likeness (QED) is 0.354. The van der Waals surface area contributed by atoms with Crippen molar-refractivity contribution in [3.63, 3.8) is 0 Å². The van der Waals surface area contributed by atoms with E-state index in [2.05, 4.69) is 15.2 Å². The molecule has 1 atom stereocenters. The highest BCUT2D eigenvalue weighted by molar-refractivity contribution is 7.10. The Bertz CT molecular complexity index is 1260. The number of carbonyl (C=O) groups is 2. The number of nitrogens with one attached hydrogen (secondary N) is 1. The average molecular weight is 523 g/mol. The molecule has 37 heavy (non-hydrogen) atoms. The minimum absolute atomic E-state index is 0.0122. The largest absolute Gasteiger partial charge is 0.442 e. The average Bonchev–Trinajstić information content (AvgIpc) is 3.57. The first-order valence-electron chi connectivity index (χ1n) is 11.9. The van der Waals surface area contributed by atoms with Crippen molar-refractivity contribution < 1.29 is 19.2 Å². The number of nitro groups is 1. The maximum atomic E-state index is 12.4. The number of rotatable bonds is 8. The molecule has 1 aromatic carbocycles. The molecule has 0 bridgehead atoms. The van der Waals surface area contributed by atoms with E-state index in [0.29, 0.717) is 45.0 Å². The SMILES string of the molecule is O=C(Cc1cccs1)NC[C@H]1CN(c2ccc(N3CCN(c4ncccc4[N+](=O)[O-])CC3)cc2)C(=O)O1. The first kappa shape index (κ1) is 24.5. The molecule has 0 spiro atoms. The topological polar surface area (TPSA) is 121 Å². The first-order valence-corrected chi connectivity index (χ1v) is 12.8. The second-order valence-corrected chi connectivity index (χ2v) is 9.80. The van der Waals surface area contributed by atoms with Crippen LogP contribution in [-0.2, 0) is 16.0 Å². The molecule has 0 unspecified atom stereocenters. The number of ether oxygens (including phenoxy) is 1. The van der Waals surface area contributed by atoms with Crippen LogP contribution in [0, 0.1) is 10.1 Å². The van der Waals surface area contributed by atoms with Gasteiger partial charge in [-0.25, -0.2) is 9.78 Å². The molecule has 0 radical (unpaired) electrons. The van der Waals surface area contributed by atoms with E-state index in [0.717, 1.165) is 16.3 Å². The zero-order valence-corrected chi connectivity index (χ0v) is 20.8. The van der Waals surface area contributed by atoms with Gasteiger partial charge in [0.1, 0.15) is 6.10 Å². The molecule has 2 amide bonds. The van der Waals surface area contributed by atoms with E-state index < -0.39 is 17.1 Å². The van der Waals surface area contributed by atoms with Crippen LogP contribution in [0.25, 0.3) is 0 Å². The molecule has 0 aliphatic carbocycles. The minimum atomic E-state index is -0.434. The van der Waals surface area contributed by atoms with Gasteiger partial charge in [0.15, 0.2) is 0 Å². The summed E-state index contributed by atoms with van der Waals surface area (Å²) in [5.41, 5.74) is 1.74. The standard InChI is InChI=1S/C25H26N6O5S/c32-23(15-21-3-2-14-37-21)27-16-20-17-30(25(33)36-20)19-7-5-18(6-8-19)28-10-12-29(13-11-28)24-22(31(34)35)4-1-9-26-24/h1-9,14,20H,10-13,15-17H2,(H,27,32)/t20-/m0/s1. The fourth-order valence-electron chi connectivity index (χ4n) is 4.49. The number of amides is 2. The van der Waals surface area contributed by atoms with Crippen molar-refractivity contribution in [1.82, 2.24) is 10.3 Å². The van der Waals surface area contributed by atoms with Crippen LogP contribution in [0.1, 0.15) is 4.88 Å². The van der Waals surface area contributed by atoms with E-state index in [1.54, 1.807) is 17.2 Å². The highest BCUT2D eigenvalue weighted by Gasteiger charge is 2.32. The Balaban J connectivity index is 1.13. The van der Waals surface area contributed by atoms with Gasteiger partial charge in [-0.3, -0.25) is 19.8 Å². The number of hydrogen-bond acceptors (Lipinski definition) is 9. The molecule has 2 fully saturated rings. The predicted octanol–water partition coefficient (Wildman–Crippen LogP) is 3.06. The van der Waals surface area contributed by atoms with Gasteiger partial charge in [-0.2, -0.15) is 0 Å². The van der Waals surface area contributed by atoms with Gasteiger partial charge in [-0.15, -0.1) is 11.3 Å². The maximum Gasteiger partial charge on any atom is 0.414 e. The van der Waals surface area contributed by atoms with Crippen molar-refractivity contribution in [3.8, 4) is 0 Å². The summed E-state index contributed by atoms with van der Waals surface area (Å²) in [7, 11) is 0. The van der Waals surface area contributed by atoms with Crippen LogP contribution in [0.4, 0.5) is 27.7 Å². The second-order valence-electron chi connectivity index (χ2n) is 8.77. The highest BCUT2D eigenvalue weighted by atomic mass is 32.1. The summed E-state index contributed by atoms with van der Waals surface area (Å²) >= 11 is 1.53. The molecular weight excluding hydrogens is 496 g/mol. The zero-order valence-electron chi connectivity index (χ0n) is 20.0. The fraction of sp³-hybridized carbons (Fsp3) is 0.320. The molecule has 192 valence electrons. The molecule has 11 nitrogen and oxygen atoms in total. The number of hydrogen-bond donors (Lipinski definition) is 1. The Morgan fingerprint density at radius 1 is 1.08 bits per heavy atom. The minimum Gasteiger partial charge on any atom is -0.442 e. The van der Waals surface area contributed by atoms with E-state index in [1.807, 2.05) is 46.7 Å². The van der Waals surface area contributed by atoms with E-state index in [9.17, 15) is 19.7 Å². The highest BCUT2D eigenvalue weighted by Crippen LogP contribution is 2.28. The third-order valence-corrected chi connectivity index (χ3v) is 7.26. The van der Waals surface area contributed by atoms with Gasteiger partial charge in [-0.1, -0.05) is 6.07 Å². The van der Waals surface area contributed by atoms with Crippen molar-refractivity contribution in [1.29, 1.82) is 0 Å². The van der Waals surface area contributed by atoms with E-state index >= 15 is 0 Å². The normalized spacial score (nSPS) is 17.6. The van der Waals surface area contributed by atoms with Crippen molar-refractivity contribution >= 4 is 46.2 Å². The molecule has 0 saturated carbocycles. The van der Waals surface area contributed by atoms with Crippen LogP contribution in [0.15, 0.2) is 60.1 Å². The molecule has 12 heteroatoms. The van der Waals surface area contributed by atoms with E-state index in [4.69, 9.17) is 4.74 Å². The predicted molar refractivity (Wildman–Crippen MR) is 140 cm³/mol. The third kappa shape index (κ3) is 5.64. The molecular formula is C25H26N6O5S. The number of piperazine rings is 1. The van der Waals surface area contributed by atoms with Crippen LogP contribution in [0.3, 0.4) is 0 Å². The number of pyridine rings is 1. The molecule has 3 aromatic rings. The molecule has 2 saturated heterocycles. The van der Waals surface area contributed by atoms with Gasteiger partial charge >= 0.3 is 11.8 Å². The Morgan fingerprint density at radius 2 is 1.81 bits per heavy atom. The lowest BCUT2D eigenvalue weighted by molar-refractivity contribution is -0.384. The maximum absolute atomic E-state index is 12.4. The lowest BCUT2D eigenvalue weighted by Crippen LogP contribution is -2.47. The summed E-state index contributed by atoms with van der Waals surface area (Å²) in [4.78, 5) is 46.4. The number of aromatic nitrogens is 1. The van der Waals surface area contributed by atoms with Crippen LogP contribution < -0.4 is 20.0 Å². The Kier molecular flexibility index (Phi) is 7.17. The van der Waals surface area contributed by atoms with Crippen molar-refractivity contribution in [2.75, 3.05) is 54.0 Å². The molecule has 5 rings (SSSR count). The lowest BCUT2D eigenvalue weighted by atomic mass is 10.2. The zero-order chi connectivity index (χ0) is 25.8. The molecule has 1 N–H and O–H groups in total. The number of cyclic esters (lactones) is 1. The first-order chi connectivity index (χ1) is 18.0. The van der Waals surface area contributed by atoms with Gasteiger partial charge in [0.05, 0.1) is 24.4 Å². The number of anilines is 3. The van der Waals surface area contributed by atoms with Crippen molar-refractivity contribution in [2.45, 2.75) is 12.5 Å². The van der Waals surface area contributed by atoms with Gasteiger partial charge in [0.25, 0.3) is 0 Å². The van der Waals surface area contributed by atoms with Gasteiger partial charge in [0.2, 0.25) is 11.7 Å². The van der Waals surface area contributed by atoms with Crippen molar-refractivity contribution in [3.05, 3.63) is 75.1 Å². The van der Waals surface area contributed by atoms with Crippen molar-refractivity contribution in [2.24, 2.45) is 0 Å². The second kappa shape index (κ2) is 10.8. The Morgan fingerprint density at radius 3 is 2.51 bits per heavy atom. The van der Waals surface area contributed by atoms with E-state index in [-0.39, 0.29) is 18.1 Å². The van der Waals surface area contributed by atoms with Gasteiger partial charge < -0.3 is 19.9 Å². The molecule has 2 aliphatic heterocycles. The van der Waals surface area contributed by atoms with E-state index in [1.165, 1.54) is 17.4 Å². The monoisotopic (exact) mass is 522 g/mol. The summed E-state index contributed by atoms with van der Waals surface area (Å²) in [6, 6.07) is 14.5. The summed E-state index contributed by atoms with van der Waals surface area (Å²) in [6.07, 6.45) is 1.04. The summed E-state index contributed by atoms with van der Waals surface area (Å²) < 4.78 is 5.45. The number of benzene rings is 1. The van der Waals surface area contributed by atoms with Crippen LogP contribution in [0.5, 0.6) is 0 Å². The third-order valence-electron chi connectivity index (χ3n) is 6.38. The molecule has 2 aromatic heterocycles. The Labute approximate surface area is 217 Å². The fourth-order valence-corrected chi connectivity index (χ4v) is 5.20. The van der Waals surface area contributed by atoms with Crippen LogP contribution in [0.2, 0.25) is 0 Å². The summed E-state index contributed by atoms with van der Waals surface area (Å²) in [5, 5.41) is 16.1. The van der Waals surface area contributed by atoms with Gasteiger partial charge in [-0.05, 0) is 41.8 Å². The molecule has 4 heterocycles. The molecule has 2 aliphatic rings. The van der Waals surface area contributed by atoms with Crippen LogP contribution in [-0.4, -0.2) is 67.3 Å². The number of carbonyl (C=O) groups excluding carboxylic acids is 2. The number of nitrogens with zero attached hydrogens (tertiary/aromatic N) is 5. The van der Waals surface area contributed by atoms with Crippen LogP contribution >= 0.6 is 11.3 Å². The number of thiophene rings is 1. The summed E-state index contributed by atoms with van der Waals surface area (Å²) in [6.45, 7) is 3.22. The summed E-state index contributed by atoms with van der Waals surface area (Å²) in [5.74, 6) is 0.298. The smallest absolute Gasteiger partial charge is 0.414 e. The lowest BCUT2D eigenvalue weighted by Gasteiger charge is -2.36. The Hall–Kier alpha value is -4.19. The van der Waals surface area contributed by atoms with Gasteiger partial charge in [0, 0.05) is 54.7 Å².